The first-order valence-corrected chi connectivity index (χ1v) is 5.82. The molecule has 1 aromatic carbocycles. The van der Waals surface area contributed by atoms with Crippen molar-refractivity contribution in [2.75, 3.05) is 20.8 Å². The van der Waals surface area contributed by atoms with Crippen molar-refractivity contribution in [2.24, 2.45) is 5.73 Å². The van der Waals surface area contributed by atoms with E-state index in [1.165, 1.54) is 0 Å². The first kappa shape index (κ1) is 12.2. The number of hydrogen-bond acceptors (Lipinski definition) is 4. The second kappa shape index (κ2) is 4.55. The molecule has 0 aliphatic heterocycles. The molecule has 4 heteroatoms. The third-order valence-corrected chi connectivity index (χ3v) is 3.48. The second-order valence-electron chi connectivity index (χ2n) is 4.43. The first-order chi connectivity index (χ1) is 8.14. The number of ether oxygens (including phenoxy) is 2. The summed E-state index contributed by atoms with van der Waals surface area (Å²) in [5, 5.41) is 10.6. The highest BCUT2D eigenvalue weighted by Gasteiger charge is 2.36. The number of nitrogens with two attached hydrogens (primary N) is 1. The van der Waals surface area contributed by atoms with Gasteiger partial charge >= 0.3 is 0 Å². The zero-order valence-corrected chi connectivity index (χ0v) is 10.3. The standard InChI is InChI=1S/C13H19NO3/c1-16-11-7-9-3-4-13(15,5-6-14)10(9)8-12(11)17-2/h7-8,15H,3-6,14H2,1-2H3. The predicted molar refractivity (Wildman–Crippen MR) is 65.4 cm³/mol. The van der Waals surface area contributed by atoms with Crippen LogP contribution in [-0.2, 0) is 12.0 Å². The van der Waals surface area contributed by atoms with Gasteiger partial charge in [0.25, 0.3) is 0 Å². The van der Waals surface area contributed by atoms with Crippen molar-refractivity contribution < 1.29 is 14.6 Å². The summed E-state index contributed by atoms with van der Waals surface area (Å²) in [6, 6.07) is 3.82. The maximum Gasteiger partial charge on any atom is 0.161 e. The summed E-state index contributed by atoms with van der Waals surface area (Å²) in [5.41, 5.74) is 6.81. The number of fused-ring (bicyclic) bond motifs is 1. The van der Waals surface area contributed by atoms with Gasteiger partial charge in [-0.1, -0.05) is 0 Å². The highest BCUT2D eigenvalue weighted by molar-refractivity contribution is 5.51. The van der Waals surface area contributed by atoms with Crippen molar-refractivity contribution >= 4 is 0 Å². The van der Waals surface area contributed by atoms with E-state index in [2.05, 4.69) is 0 Å². The zero-order valence-electron chi connectivity index (χ0n) is 10.3. The van der Waals surface area contributed by atoms with Gasteiger partial charge in [0.05, 0.1) is 19.8 Å². The van der Waals surface area contributed by atoms with Crippen LogP contribution in [-0.4, -0.2) is 25.9 Å². The Hall–Kier alpha value is -1.26. The van der Waals surface area contributed by atoms with Gasteiger partial charge in [-0.2, -0.15) is 0 Å². The van der Waals surface area contributed by atoms with Crippen molar-refractivity contribution in [2.45, 2.75) is 24.9 Å². The second-order valence-corrected chi connectivity index (χ2v) is 4.43. The summed E-state index contributed by atoms with van der Waals surface area (Å²) in [6.07, 6.45) is 2.15. The van der Waals surface area contributed by atoms with Crippen molar-refractivity contribution in [3.8, 4) is 11.5 Å². The maximum atomic E-state index is 10.6. The molecule has 0 saturated heterocycles. The minimum Gasteiger partial charge on any atom is -0.493 e. The van der Waals surface area contributed by atoms with Gasteiger partial charge in [-0.25, -0.2) is 0 Å². The van der Waals surface area contributed by atoms with Gasteiger partial charge in [-0.3, -0.25) is 0 Å². The highest BCUT2D eigenvalue weighted by atomic mass is 16.5. The molecule has 1 aliphatic rings. The van der Waals surface area contributed by atoms with Crippen molar-refractivity contribution in [3.63, 3.8) is 0 Å². The van der Waals surface area contributed by atoms with Crippen LogP contribution in [0.4, 0.5) is 0 Å². The van der Waals surface area contributed by atoms with Gasteiger partial charge in [0.15, 0.2) is 11.5 Å². The summed E-state index contributed by atoms with van der Waals surface area (Å²) in [6.45, 7) is 0.476. The van der Waals surface area contributed by atoms with E-state index in [1.807, 2.05) is 12.1 Å². The molecule has 17 heavy (non-hydrogen) atoms. The molecule has 0 radical (unpaired) electrons. The van der Waals surface area contributed by atoms with Crippen LogP contribution in [0.1, 0.15) is 24.0 Å². The van der Waals surface area contributed by atoms with E-state index in [0.717, 1.165) is 24.0 Å². The molecular weight excluding hydrogens is 218 g/mol. The number of hydrogen-bond donors (Lipinski definition) is 2. The lowest BCUT2D eigenvalue weighted by atomic mass is 9.92. The van der Waals surface area contributed by atoms with Gasteiger partial charge in [-0.05, 0) is 49.1 Å². The average Bonchev–Trinajstić information content (AvgIpc) is 2.65. The van der Waals surface area contributed by atoms with E-state index < -0.39 is 5.60 Å². The fraction of sp³-hybridized carbons (Fsp3) is 0.538. The van der Waals surface area contributed by atoms with Crippen LogP contribution in [0.3, 0.4) is 0 Å². The molecule has 1 atom stereocenters. The molecular formula is C13H19NO3. The molecule has 1 unspecified atom stereocenters. The van der Waals surface area contributed by atoms with E-state index in [-0.39, 0.29) is 0 Å². The van der Waals surface area contributed by atoms with Crippen molar-refractivity contribution in [3.05, 3.63) is 23.3 Å². The minimum atomic E-state index is -0.802. The Balaban J connectivity index is 2.46. The average molecular weight is 237 g/mol. The van der Waals surface area contributed by atoms with E-state index >= 15 is 0 Å². The normalized spacial score (nSPS) is 22.4. The van der Waals surface area contributed by atoms with Crippen LogP contribution in [0.25, 0.3) is 0 Å². The molecule has 0 heterocycles. The third-order valence-electron chi connectivity index (χ3n) is 3.48. The number of rotatable bonds is 4. The van der Waals surface area contributed by atoms with Crippen LogP contribution >= 0.6 is 0 Å². The molecule has 1 aliphatic carbocycles. The number of aliphatic hydroxyl groups is 1. The quantitative estimate of drug-likeness (QED) is 0.825. The van der Waals surface area contributed by atoms with Crippen LogP contribution < -0.4 is 15.2 Å². The molecule has 0 saturated carbocycles. The maximum absolute atomic E-state index is 10.6. The monoisotopic (exact) mass is 237 g/mol. The van der Waals surface area contributed by atoms with Gasteiger partial charge in [-0.15, -0.1) is 0 Å². The molecule has 1 aromatic rings. The SMILES string of the molecule is COc1cc2c(cc1OC)C(O)(CCN)CC2. The summed E-state index contributed by atoms with van der Waals surface area (Å²) in [5.74, 6) is 1.37. The summed E-state index contributed by atoms with van der Waals surface area (Å²) >= 11 is 0. The lowest BCUT2D eigenvalue weighted by Gasteiger charge is -2.24. The fourth-order valence-electron chi connectivity index (χ4n) is 2.54. The van der Waals surface area contributed by atoms with Gasteiger partial charge in [0, 0.05) is 0 Å². The van der Waals surface area contributed by atoms with Crippen LogP contribution in [0.15, 0.2) is 12.1 Å². The van der Waals surface area contributed by atoms with Gasteiger partial charge in [0.2, 0.25) is 0 Å². The van der Waals surface area contributed by atoms with Crippen molar-refractivity contribution in [1.29, 1.82) is 0 Å². The molecule has 0 amide bonds. The van der Waals surface area contributed by atoms with Crippen LogP contribution in [0, 0.1) is 0 Å². The molecule has 2 rings (SSSR count). The Morgan fingerprint density at radius 3 is 2.53 bits per heavy atom. The van der Waals surface area contributed by atoms with E-state index in [9.17, 15) is 5.11 Å². The lowest BCUT2D eigenvalue weighted by Crippen LogP contribution is -2.25. The van der Waals surface area contributed by atoms with E-state index in [4.69, 9.17) is 15.2 Å². The van der Waals surface area contributed by atoms with Gasteiger partial charge < -0.3 is 20.3 Å². The Labute approximate surface area is 101 Å². The van der Waals surface area contributed by atoms with E-state index in [0.29, 0.717) is 24.5 Å². The topological polar surface area (TPSA) is 64.7 Å². The Morgan fingerprint density at radius 1 is 1.29 bits per heavy atom. The summed E-state index contributed by atoms with van der Waals surface area (Å²) < 4.78 is 10.5. The molecule has 0 bridgehead atoms. The zero-order chi connectivity index (χ0) is 12.5. The first-order valence-electron chi connectivity index (χ1n) is 5.82. The molecule has 0 spiro atoms. The van der Waals surface area contributed by atoms with Crippen molar-refractivity contribution in [1.82, 2.24) is 0 Å². The predicted octanol–water partition coefficient (Wildman–Crippen LogP) is 1.19. The largest absolute Gasteiger partial charge is 0.493 e. The smallest absolute Gasteiger partial charge is 0.161 e. The highest BCUT2D eigenvalue weighted by Crippen LogP contribution is 2.44. The third kappa shape index (κ3) is 1.98. The molecule has 3 N–H and O–H groups in total. The molecule has 0 aromatic heterocycles. The van der Waals surface area contributed by atoms with Crippen LogP contribution in [0.5, 0.6) is 11.5 Å². The Bertz CT molecular complexity index is 419. The Morgan fingerprint density at radius 2 is 1.94 bits per heavy atom. The fourth-order valence-corrected chi connectivity index (χ4v) is 2.54. The van der Waals surface area contributed by atoms with Gasteiger partial charge in [0.1, 0.15) is 0 Å². The number of aryl methyl sites for hydroxylation is 1. The minimum absolute atomic E-state index is 0.476. The number of methoxy groups -OCH3 is 2. The Kier molecular flexibility index (Phi) is 3.26. The van der Waals surface area contributed by atoms with Crippen LogP contribution in [0.2, 0.25) is 0 Å². The molecule has 4 nitrogen and oxygen atoms in total. The lowest BCUT2D eigenvalue weighted by molar-refractivity contribution is 0.0318. The molecule has 0 fully saturated rings. The summed E-state index contributed by atoms with van der Waals surface area (Å²) in [7, 11) is 3.21. The summed E-state index contributed by atoms with van der Waals surface area (Å²) in [4.78, 5) is 0. The molecule has 94 valence electrons. The number of benzene rings is 1. The van der Waals surface area contributed by atoms with E-state index in [1.54, 1.807) is 14.2 Å².